The van der Waals surface area contributed by atoms with Crippen LogP contribution in [-0.2, 0) is 28.6 Å². The van der Waals surface area contributed by atoms with Crippen molar-refractivity contribution in [3.8, 4) is 0 Å². The van der Waals surface area contributed by atoms with E-state index in [1.165, 1.54) is 89.9 Å². The number of ether oxygens (including phenoxy) is 3. The summed E-state index contributed by atoms with van der Waals surface area (Å²) in [6.07, 6.45) is 59.2. The average molecular weight is 839 g/mol. The Morgan fingerprint density at radius 3 is 1.07 bits per heavy atom. The summed E-state index contributed by atoms with van der Waals surface area (Å²) in [5.74, 6) is -0.926. The molecule has 0 aromatic carbocycles. The lowest BCUT2D eigenvalue weighted by atomic mass is 10.1. The maximum atomic E-state index is 12.8. The molecule has 0 saturated carbocycles. The highest BCUT2D eigenvalue weighted by Crippen LogP contribution is 2.14. The second-order valence-electron chi connectivity index (χ2n) is 16.7. The first kappa shape index (κ1) is 57.1. The number of carbonyl (C=O) groups is 3. The van der Waals surface area contributed by atoms with Crippen molar-refractivity contribution in [2.24, 2.45) is 0 Å². The van der Waals surface area contributed by atoms with Gasteiger partial charge in [0.05, 0.1) is 0 Å². The van der Waals surface area contributed by atoms with Gasteiger partial charge >= 0.3 is 17.9 Å². The zero-order chi connectivity index (χ0) is 43.7. The molecule has 0 aromatic rings. The fraction of sp³-hybridized carbons (Fsp3) is 0.759. The summed E-state index contributed by atoms with van der Waals surface area (Å²) in [6.45, 7) is 6.46. The van der Waals surface area contributed by atoms with Gasteiger partial charge < -0.3 is 14.2 Å². The van der Waals surface area contributed by atoms with Crippen LogP contribution >= 0.6 is 0 Å². The zero-order valence-electron chi connectivity index (χ0n) is 39.5. The fourth-order valence-electron chi connectivity index (χ4n) is 6.92. The highest BCUT2D eigenvalue weighted by atomic mass is 16.6. The zero-order valence-corrected chi connectivity index (χ0v) is 39.5. The highest BCUT2D eigenvalue weighted by molar-refractivity contribution is 5.71. The number of unbranched alkanes of at least 4 members (excludes halogenated alkanes) is 24. The first-order valence-electron chi connectivity index (χ1n) is 25.3. The largest absolute Gasteiger partial charge is 0.462 e. The normalized spacial score (nSPS) is 12.5. The third kappa shape index (κ3) is 46.2. The Morgan fingerprint density at radius 1 is 0.350 bits per heavy atom. The van der Waals surface area contributed by atoms with Gasteiger partial charge in [0.2, 0.25) is 0 Å². The molecule has 0 radical (unpaired) electrons. The lowest BCUT2D eigenvalue weighted by Crippen LogP contribution is -2.30. The predicted molar refractivity (Wildman–Crippen MR) is 256 cm³/mol. The second-order valence-corrected chi connectivity index (χ2v) is 16.7. The fourth-order valence-corrected chi connectivity index (χ4v) is 6.92. The molecule has 0 rings (SSSR count). The minimum Gasteiger partial charge on any atom is -0.462 e. The molecule has 0 aliphatic heterocycles. The summed E-state index contributed by atoms with van der Waals surface area (Å²) in [5.41, 5.74) is 0. The van der Waals surface area contributed by atoms with Gasteiger partial charge in [-0.25, -0.2) is 0 Å². The van der Waals surface area contributed by atoms with E-state index in [0.717, 1.165) is 116 Å². The predicted octanol–water partition coefficient (Wildman–Crippen LogP) is 16.5. The van der Waals surface area contributed by atoms with Crippen molar-refractivity contribution in [3.05, 3.63) is 60.8 Å². The number of esters is 3. The second kappa shape index (κ2) is 48.8. The van der Waals surface area contributed by atoms with Gasteiger partial charge in [0, 0.05) is 19.3 Å². The van der Waals surface area contributed by atoms with Crippen molar-refractivity contribution in [3.63, 3.8) is 0 Å². The summed E-state index contributed by atoms with van der Waals surface area (Å²) >= 11 is 0. The molecule has 346 valence electrons. The van der Waals surface area contributed by atoms with Gasteiger partial charge in [0.1, 0.15) is 13.2 Å². The van der Waals surface area contributed by atoms with Crippen molar-refractivity contribution in [1.82, 2.24) is 0 Å². The van der Waals surface area contributed by atoms with Gasteiger partial charge in [0.25, 0.3) is 0 Å². The van der Waals surface area contributed by atoms with Crippen LogP contribution < -0.4 is 0 Å². The standard InChI is InChI=1S/C54H94O6/c1-4-7-10-13-16-19-22-25-26-27-28-30-32-35-38-41-44-47-53(56)59-50-51(49-58-52(55)46-43-40-37-34-31-24-21-18-15-12-9-6-3)60-54(57)48-45-42-39-36-33-29-23-20-17-14-11-8-5-2/h9,12,16,18-19,21,25-26,29,33,51H,4-8,10-11,13-15,17,20,22-24,27-28,30-32,34-50H2,1-3H3/b12-9-,19-16-,21-18-,26-25-,33-29-. The molecule has 1 atom stereocenters. The van der Waals surface area contributed by atoms with E-state index in [0.29, 0.717) is 19.3 Å². The Labute approximate surface area is 370 Å². The lowest BCUT2D eigenvalue weighted by Gasteiger charge is -2.18. The number of hydrogen-bond donors (Lipinski definition) is 0. The Balaban J connectivity index is 4.40. The smallest absolute Gasteiger partial charge is 0.306 e. The monoisotopic (exact) mass is 839 g/mol. The Bertz CT molecular complexity index is 1100. The van der Waals surface area contributed by atoms with Crippen molar-refractivity contribution in [2.45, 2.75) is 252 Å². The van der Waals surface area contributed by atoms with Crippen LogP contribution in [-0.4, -0.2) is 37.2 Å². The number of rotatable bonds is 45. The van der Waals surface area contributed by atoms with Crippen LogP contribution in [0.5, 0.6) is 0 Å². The molecule has 0 aliphatic carbocycles. The summed E-state index contributed by atoms with van der Waals surface area (Å²) in [5, 5.41) is 0. The van der Waals surface area contributed by atoms with Crippen LogP contribution in [0.4, 0.5) is 0 Å². The summed E-state index contributed by atoms with van der Waals surface area (Å²) < 4.78 is 16.7. The molecule has 0 fully saturated rings. The van der Waals surface area contributed by atoms with E-state index in [2.05, 4.69) is 81.5 Å². The molecule has 0 amide bonds. The van der Waals surface area contributed by atoms with Crippen LogP contribution in [0.1, 0.15) is 245 Å². The SMILES string of the molecule is CC/C=C\C/C=C\CCCCCCCC(=O)OCC(COC(=O)CCCCCCCCC/C=C\C/C=C\CCCCC)OC(=O)CCCCC/C=C\CCCCCCCC. The van der Waals surface area contributed by atoms with Gasteiger partial charge in [-0.3, -0.25) is 14.4 Å². The first-order chi connectivity index (χ1) is 29.5. The molecular weight excluding hydrogens is 745 g/mol. The third-order valence-corrected chi connectivity index (χ3v) is 10.7. The van der Waals surface area contributed by atoms with Gasteiger partial charge in [0.15, 0.2) is 6.10 Å². The molecule has 60 heavy (non-hydrogen) atoms. The Morgan fingerprint density at radius 2 is 0.650 bits per heavy atom. The number of hydrogen-bond acceptors (Lipinski definition) is 6. The van der Waals surface area contributed by atoms with E-state index in [1.807, 2.05) is 0 Å². The van der Waals surface area contributed by atoms with Gasteiger partial charge in [-0.1, -0.05) is 184 Å². The summed E-state index contributed by atoms with van der Waals surface area (Å²) in [7, 11) is 0. The molecule has 0 spiro atoms. The minimum atomic E-state index is -0.789. The molecule has 0 saturated heterocycles. The topological polar surface area (TPSA) is 78.9 Å². The van der Waals surface area contributed by atoms with Crippen molar-refractivity contribution < 1.29 is 28.6 Å². The number of carbonyl (C=O) groups excluding carboxylic acids is 3. The van der Waals surface area contributed by atoms with E-state index in [9.17, 15) is 14.4 Å². The van der Waals surface area contributed by atoms with E-state index >= 15 is 0 Å². The van der Waals surface area contributed by atoms with E-state index in [1.54, 1.807) is 0 Å². The maximum Gasteiger partial charge on any atom is 0.306 e. The average Bonchev–Trinajstić information content (AvgIpc) is 3.24. The van der Waals surface area contributed by atoms with Gasteiger partial charge in [-0.05, 0) is 103 Å². The molecule has 0 bridgehead atoms. The number of allylic oxidation sites excluding steroid dienone is 10. The lowest BCUT2D eigenvalue weighted by molar-refractivity contribution is -0.167. The molecule has 0 heterocycles. The third-order valence-electron chi connectivity index (χ3n) is 10.7. The molecule has 1 unspecified atom stereocenters. The molecule has 6 nitrogen and oxygen atoms in total. The van der Waals surface area contributed by atoms with Crippen molar-refractivity contribution in [2.75, 3.05) is 13.2 Å². The molecule has 6 heteroatoms. The van der Waals surface area contributed by atoms with Crippen LogP contribution in [0.25, 0.3) is 0 Å². The van der Waals surface area contributed by atoms with E-state index in [4.69, 9.17) is 14.2 Å². The molecule has 0 aromatic heterocycles. The van der Waals surface area contributed by atoms with Crippen LogP contribution in [0.3, 0.4) is 0 Å². The van der Waals surface area contributed by atoms with Crippen LogP contribution in [0.15, 0.2) is 60.8 Å². The maximum absolute atomic E-state index is 12.8. The summed E-state index contributed by atoms with van der Waals surface area (Å²) in [4.78, 5) is 37.9. The van der Waals surface area contributed by atoms with Crippen LogP contribution in [0, 0.1) is 0 Å². The molecule has 0 aliphatic rings. The van der Waals surface area contributed by atoms with Crippen molar-refractivity contribution >= 4 is 17.9 Å². The summed E-state index contributed by atoms with van der Waals surface area (Å²) in [6, 6.07) is 0. The highest BCUT2D eigenvalue weighted by Gasteiger charge is 2.19. The Kier molecular flexibility index (Phi) is 46.4. The Hall–Kier alpha value is -2.89. The van der Waals surface area contributed by atoms with E-state index < -0.39 is 6.10 Å². The van der Waals surface area contributed by atoms with Crippen LogP contribution in [0.2, 0.25) is 0 Å². The van der Waals surface area contributed by atoms with E-state index in [-0.39, 0.29) is 31.1 Å². The van der Waals surface area contributed by atoms with Gasteiger partial charge in [-0.2, -0.15) is 0 Å². The quantitative estimate of drug-likeness (QED) is 0.0263. The molecule has 0 N–H and O–H groups in total. The minimum absolute atomic E-state index is 0.0890. The van der Waals surface area contributed by atoms with Crippen molar-refractivity contribution in [1.29, 1.82) is 0 Å². The molecular formula is C54H94O6. The van der Waals surface area contributed by atoms with Gasteiger partial charge in [-0.15, -0.1) is 0 Å². The first-order valence-corrected chi connectivity index (χ1v) is 25.3.